The van der Waals surface area contributed by atoms with Crippen LogP contribution in [0.5, 0.6) is 0 Å². The summed E-state index contributed by atoms with van der Waals surface area (Å²) in [7, 11) is 0. The summed E-state index contributed by atoms with van der Waals surface area (Å²) in [6.07, 6.45) is 0.822. The summed E-state index contributed by atoms with van der Waals surface area (Å²) >= 11 is 0. The summed E-state index contributed by atoms with van der Waals surface area (Å²) in [5, 5.41) is 14.0. The standard InChI is InChI=1S/C25H28FN3O5/c1-25(2,3)22(31)20-12-11-19(17-9-4-5-10-18(17)26)29(20)21(30)14-27-24(34)28-16-8-6-7-15(13-16)23(32)33/h4-10,13,19-20H,11-12,14H2,1-3H3,(H,32,33)(H2,27,28,34). The number of carbonyl (C=O) groups excluding carboxylic acids is 3. The van der Waals surface area contributed by atoms with Gasteiger partial charge in [-0.1, -0.05) is 45.0 Å². The fraction of sp³-hybridized carbons (Fsp3) is 0.360. The number of rotatable bonds is 6. The Hall–Kier alpha value is -3.75. The minimum Gasteiger partial charge on any atom is -0.478 e. The van der Waals surface area contributed by atoms with Crippen LogP contribution in [-0.2, 0) is 9.59 Å². The molecule has 0 bridgehead atoms. The first-order valence-electron chi connectivity index (χ1n) is 11.0. The van der Waals surface area contributed by atoms with Gasteiger partial charge in [-0.05, 0) is 37.1 Å². The number of hydrogen-bond donors (Lipinski definition) is 3. The van der Waals surface area contributed by atoms with Crippen molar-refractivity contribution in [1.29, 1.82) is 0 Å². The number of urea groups is 1. The molecule has 0 aromatic heterocycles. The molecule has 1 aliphatic rings. The molecule has 0 saturated carbocycles. The highest BCUT2D eigenvalue weighted by Gasteiger charge is 2.44. The molecule has 2 aromatic rings. The topological polar surface area (TPSA) is 116 Å². The van der Waals surface area contributed by atoms with Crippen LogP contribution in [0.4, 0.5) is 14.9 Å². The summed E-state index contributed by atoms with van der Waals surface area (Å²) in [5.41, 5.74) is -0.124. The SMILES string of the molecule is CC(C)(C)C(=O)C1CCC(c2ccccc2F)N1C(=O)CNC(=O)Nc1cccc(C(=O)O)c1. The van der Waals surface area contributed by atoms with Crippen molar-refractivity contribution < 1.29 is 28.7 Å². The number of Topliss-reactive ketones (excluding diaryl/α,β-unsaturated/α-hetero) is 1. The van der Waals surface area contributed by atoms with E-state index in [9.17, 15) is 23.6 Å². The molecule has 3 N–H and O–H groups in total. The molecular weight excluding hydrogens is 441 g/mol. The van der Waals surface area contributed by atoms with Crippen LogP contribution in [0.25, 0.3) is 0 Å². The number of benzene rings is 2. The van der Waals surface area contributed by atoms with Crippen molar-refractivity contribution in [2.75, 3.05) is 11.9 Å². The second kappa shape index (κ2) is 10.0. The molecule has 3 amide bonds. The van der Waals surface area contributed by atoms with Gasteiger partial charge in [0.25, 0.3) is 0 Å². The number of carboxylic acid groups (broad SMARTS) is 1. The van der Waals surface area contributed by atoms with E-state index in [2.05, 4.69) is 10.6 Å². The van der Waals surface area contributed by atoms with Crippen molar-refractivity contribution in [2.24, 2.45) is 5.41 Å². The van der Waals surface area contributed by atoms with Crippen LogP contribution in [0.3, 0.4) is 0 Å². The second-order valence-electron chi connectivity index (χ2n) is 9.24. The number of carbonyl (C=O) groups is 4. The number of halogens is 1. The van der Waals surface area contributed by atoms with E-state index in [0.717, 1.165) is 0 Å². The van der Waals surface area contributed by atoms with Gasteiger partial charge in [0.1, 0.15) is 5.82 Å². The third kappa shape index (κ3) is 5.59. The Morgan fingerprint density at radius 2 is 1.76 bits per heavy atom. The number of likely N-dealkylation sites (tertiary alicyclic amines) is 1. The monoisotopic (exact) mass is 469 g/mol. The average Bonchev–Trinajstić information content (AvgIpc) is 3.21. The van der Waals surface area contributed by atoms with Crippen LogP contribution < -0.4 is 10.6 Å². The highest BCUT2D eigenvalue weighted by molar-refractivity contribution is 5.96. The number of aromatic carboxylic acids is 1. The third-order valence-electron chi connectivity index (χ3n) is 5.75. The predicted octanol–water partition coefficient (Wildman–Crippen LogP) is 3.99. The second-order valence-corrected chi connectivity index (χ2v) is 9.24. The molecule has 3 rings (SSSR count). The minimum absolute atomic E-state index is 0.00204. The molecule has 1 saturated heterocycles. The van der Waals surface area contributed by atoms with Gasteiger partial charge in [0.2, 0.25) is 5.91 Å². The van der Waals surface area contributed by atoms with Gasteiger partial charge in [-0.15, -0.1) is 0 Å². The molecule has 1 aliphatic heterocycles. The number of hydrogen-bond acceptors (Lipinski definition) is 4. The lowest BCUT2D eigenvalue weighted by Gasteiger charge is -2.33. The molecule has 0 spiro atoms. The quantitative estimate of drug-likeness (QED) is 0.592. The highest BCUT2D eigenvalue weighted by atomic mass is 19.1. The van der Waals surface area contributed by atoms with Gasteiger partial charge in [-0.3, -0.25) is 9.59 Å². The Morgan fingerprint density at radius 1 is 1.06 bits per heavy atom. The number of nitrogens with one attached hydrogen (secondary N) is 2. The Balaban J connectivity index is 1.76. The largest absolute Gasteiger partial charge is 0.478 e. The maximum absolute atomic E-state index is 14.5. The van der Waals surface area contributed by atoms with Gasteiger partial charge >= 0.3 is 12.0 Å². The van der Waals surface area contributed by atoms with Gasteiger partial charge < -0.3 is 20.6 Å². The van der Waals surface area contributed by atoms with Crippen LogP contribution in [0, 0.1) is 11.2 Å². The molecule has 1 fully saturated rings. The summed E-state index contributed by atoms with van der Waals surface area (Å²) in [6, 6.07) is 9.76. The molecule has 2 unspecified atom stereocenters. The van der Waals surface area contributed by atoms with E-state index in [1.54, 1.807) is 39.0 Å². The molecule has 180 valence electrons. The lowest BCUT2D eigenvalue weighted by atomic mass is 9.85. The first kappa shape index (κ1) is 24.9. The first-order chi connectivity index (χ1) is 16.0. The van der Waals surface area contributed by atoms with Crippen molar-refractivity contribution in [3.8, 4) is 0 Å². The summed E-state index contributed by atoms with van der Waals surface area (Å²) in [6.45, 7) is 4.89. The van der Waals surface area contributed by atoms with Gasteiger partial charge in [-0.25, -0.2) is 14.0 Å². The number of ketones is 1. The predicted molar refractivity (Wildman–Crippen MR) is 124 cm³/mol. The highest BCUT2D eigenvalue weighted by Crippen LogP contribution is 2.39. The Morgan fingerprint density at radius 3 is 2.41 bits per heavy atom. The Labute approximate surface area is 197 Å². The zero-order valence-corrected chi connectivity index (χ0v) is 19.3. The van der Waals surface area contributed by atoms with Crippen molar-refractivity contribution in [3.63, 3.8) is 0 Å². The maximum atomic E-state index is 14.5. The van der Waals surface area contributed by atoms with E-state index in [1.165, 1.54) is 35.2 Å². The number of anilines is 1. The molecule has 9 heteroatoms. The first-order valence-corrected chi connectivity index (χ1v) is 11.0. The lowest BCUT2D eigenvalue weighted by molar-refractivity contribution is -0.142. The van der Waals surface area contributed by atoms with Crippen LogP contribution in [0.1, 0.15) is 55.6 Å². The number of nitrogens with zero attached hydrogens (tertiary/aromatic N) is 1. The minimum atomic E-state index is -1.14. The fourth-order valence-electron chi connectivity index (χ4n) is 4.12. The van der Waals surface area contributed by atoms with E-state index < -0.39 is 47.8 Å². The van der Waals surface area contributed by atoms with Crippen molar-refractivity contribution in [1.82, 2.24) is 10.2 Å². The van der Waals surface area contributed by atoms with Crippen LogP contribution in [0.2, 0.25) is 0 Å². The van der Waals surface area contributed by atoms with E-state index >= 15 is 0 Å². The molecule has 1 heterocycles. The molecular formula is C25H28FN3O5. The van der Waals surface area contributed by atoms with Gasteiger partial charge in [-0.2, -0.15) is 0 Å². The number of carboxylic acids is 1. The van der Waals surface area contributed by atoms with Crippen molar-refractivity contribution in [3.05, 3.63) is 65.5 Å². The van der Waals surface area contributed by atoms with E-state index in [0.29, 0.717) is 18.4 Å². The number of amides is 3. The molecule has 2 aromatic carbocycles. The van der Waals surface area contributed by atoms with Crippen molar-refractivity contribution >= 4 is 29.4 Å². The van der Waals surface area contributed by atoms with E-state index in [-0.39, 0.29) is 17.0 Å². The van der Waals surface area contributed by atoms with Gasteiger partial charge in [0, 0.05) is 16.7 Å². The summed E-state index contributed by atoms with van der Waals surface area (Å²) < 4.78 is 14.5. The van der Waals surface area contributed by atoms with E-state index in [4.69, 9.17) is 5.11 Å². The normalized spacial score (nSPS) is 17.8. The summed E-state index contributed by atoms with van der Waals surface area (Å²) in [4.78, 5) is 51.1. The molecule has 2 atom stereocenters. The third-order valence-corrected chi connectivity index (χ3v) is 5.75. The zero-order chi connectivity index (χ0) is 25.0. The molecule has 8 nitrogen and oxygen atoms in total. The van der Waals surface area contributed by atoms with E-state index in [1.807, 2.05) is 0 Å². The summed E-state index contributed by atoms with van der Waals surface area (Å²) in [5.74, 6) is -2.24. The van der Waals surface area contributed by atoms with Gasteiger partial charge in [0.05, 0.1) is 24.2 Å². The lowest BCUT2D eigenvalue weighted by Crippen LogP contribution is -2.49. The van der Waals surface area contributed by atoms with Crippen molar-refractivity contribution in [2.45, 2.75) is 45.7 Å². The fourth-order valence-corrected chi connectivity index (χ4v) is 4.12. The van der Waals surface area contributed by atoms with Crippen LogP contribution in [-0.4, -0.2) is 46.3 Å². The molecule has 0 radical (unpaired) electrons. The van der Waals surface area contributed by atoms with Gasteiger partial charge in [0.15, 0.2) is 5.78 Å². The zero-order valence-electron chi connectivity index (χ0n) is 19.3. The van der Waals surface area contributed by atoms with Crippen LogP contribution >= 0.6 is 0 Å². The molecule has 0 aliphatic carbocycles. The van der Waals surface area contributed by atoms with Crippen LogP contribution in [0.15, 0.2) is 48.5 Å². The smallest absolute Gasteiger partial charge is 0.335 e. The Kier molecular flexibility index (Phi) is 7.34. The average molecular weight is 470 g/mol. The molecule has 34 heavy (non-hydrogen) atoms. The Bertz CT molecular complexity index is 1110. The maximum Gasteiger partial charge on any atom is 0.335 e.